The zero-order valence-electron chi connectivity index (χ0n) is 12.4. The van der Waals surface area contributed by atoms with Gasteiger partial charge in [-0.1, -0.05) is 19.1 Å². The second-order valence-electron chi connectivity index (χ2n) is 4.92. The van der Waals surface area contributed by atoms with Crippen LogP contribution in [0.3, 0.4) is 0 Å². The third-order valence-electron chi connectivity index (χ3n) is 3.27. The van der Waals surface area contributed by atoms with E-state index in [1.54, 1.807) is 11.3 Å². The van der Waals surface area contributed by atoms with Gasteiger partial charge in [0.25, 0.3) is 0 Å². The number of amides is 1. The average molecular weight is 314 g/mol. The first-order valence-corrected chi connectivity index (χ1v) is 8.19. The van der Waals surface area contributed by atoms with Crippen LogP contribution in [0.15, 0.2) is 41.9 Å². The predicted molar refractivity (Wildman–Crippen MR) is 90.3 cm³/mol. The third kappa shape index (κ3) is 2.96. The summed E-state index contributed by atoms with van der Waals surface area (Å²) < 4.78 is 1.97. The van der Waals surface area contributed by atoms with Crippen molar-refractivity contribution in [2.24, 2.45) is 0 Å². The van der Waals surface area contributed by atoms with E-state index in [1.807, 2.05) is 53.2 Å². The van der Waals surface area contributed by atoms with Gasteiger partial charge in [0.15, 0.2) is 0 Å². The molecule has 3 aromatic rings. The molecule has 6 heteroatoms. The van der Waals surface area contributed by atoms with Gasteiger partial charge in [-0.3, -0.25) is 9.20 Å². The van der Waals surface area contributed by atoms with Crippen LogP contribution in [0.4, 0.5) is 5.82 Å². The lowest BCUT2D eigenvalue weighted by atomic mass is 10.3. The van der Waals surface area contributed by atoms with Crippen molar-refractivity contribution in [3.63, 3.8) is 0 Å². The van der Waals surface area contributed by atoms with Crippen LogP contribution < -0.4 is 10.6 Å². The van der Waals surface area contributed by atoms with Gasteiger partial charge in [-0.2, -0.15) is 0 Å². The van der Waals surface area contributed by atoms with Crippen LogP contribution in [0.5, 0.6) is 0 Å². The number of anilines is 1. The Hall–Kier alpha value is -2.34. The smallest absolute Gasteiger partial charge is 0.239 e. The number of nitrogens with one attached hydrogen (secondary N) is 2. The molecule has 0 unspecified atom stereocenters. The molecule has 0 aliphatic carbocycles. The second-order valence-corrected chi connectivity index (χ2v) is 5.87. The number of rotatable bonds is 6. The standard InChI is InChI=1S/C16H18N4OS/c1-2-8-17-14(21)11-18-16-15(12-6-5-10-22-12)19-13-7-3-4-9-20(13)16/h3-7,9-10,18H,2,8,11H2,1H3,(H,17,21). The first kappa shape index (κ1) is 14.6. The normalized spacial score (nSPS) is 10.8. The minimum absolute atomic E-state index is 0.00939. The molecule has 0 saturated heterocycles. The van der Waals surface area contributed by atoms with Gasteiger partial charge >= 0.3 is 0 Å². The first-order valence-electron chi connectivity index (χ1n) is 7.31. The maximum absolute atomic E-state index is 11.8. The molecule has 22 heavy (non-hydrogen) atoms. The molecule has 0 aliphatic heterocycles. The Labute approximate surface area is 133 Å². The molecule has 3 rings (SSSR count). The lowest BCUT2D eigenvalue weighted by molar-refractivity contribution is -0.119. The largest absolute Gasteiger partial charge is 0.360 e. The number of fused-ring (bicyclic) bond motifs is 1. The lowest BCUT2D eigenvalue weighted by Gasteiger charge is -2.08. The van der Waals surface area contributed by atoms with Crippen molar-refractivity contribution in [1.82, 2.24) is 14.7 Å². The molecule has 5 nitrogen and oxygen atoms in total. The van der Waals surface area contributed by atoms with E-state index in [9.17, 15) is 4.79 Å². The van der Waals surface area contributed by atoms with Gasteiger partial charge < -0.3 is 10.6 Å². The number of hydrogen-bond acceptors (Lipinski definition) is 4. The molecule has 114 valence electrons. The lowest BCUT2D eigenvalue weighted by Crippen LogP contribution is -2.30. The van der Waals surface area contributed by atoms with E-state index in [1.165, 1.54) is 0 Å². The quantitative estimate of drug-likeness (QED) is 0.735. The number of aromatic nitrogens is 2. The fraction of sp³-hybridized carbons (Fsp3) is 0.250. The van der Waals surface area contributed by atoms with Gasteiger partial charge in [0, 0.05) is 12.7 Å². The van der Waals surface area contributed by atoms with Gasteiger partial charge in [0.05, 0.1) is 11.4 Å². The molecule has 0 bridgehead atoms. The molecule has 0 spiro atoms. The molecule has 0 fully saturated rings. The van der Waals surface area contributed by atoms with Crippen molar-refractivity contribution in [3.8, 4) is 10.6 Å². The van der Waals surface area contributed by atoms with Crippen molar-refractivity contribution in [2.75, 3.05) is 18.4 Å². The number of nitrogens with zero attached hydrogens (tertiary/aromatic N) is 2. The molecule has 1 amide bonds. The van der Waals surface area contributed by atoms with Gasteiger partial charge in [-0.25, -0.2) is 4.98 Å². The summed E-state index contributed by atoms with van der Waals surface area (Å²) in [6.45, 7) is 2.97. The molecule has 0 aliphatic rings. The number of thiophene rings is 1. The van der Waals surface area contributed by atoms with Crippen molar-refractivity contribution in [2.45, 2.75) is 13.3 Å². The molecule has 0 atom stereocenters. The second kappa shape index (κ2) is 6.62. The number of hydrogen-bond donors (Lipinski definition) is 2. The van der Waals surface area contributed by atoms with E-state index in [4.69, 9.17) is 0 Å². The summed E-state index contributed by atoms with van der Waals surface area (Å²) >= 11 is 1.64. The summed E-state index contributed by atoms with van der Waals surface area (Å²) in [5.74, 6) is 0.842. The van der Waals surface area contributed by atoms with E-state index in [-0.39, 0.29) is 12.5 Å². The molecule has 0 radical (unpaired) electrons. The summed E-state index contributed by atoms with van der Waals surface area (Å²) in [6.07, 6.45) is 2.88. The van der Waals surface area contributed by atoms with E-state index < -0.39 is 0 Å². The molecule has 3 aromatic heterocycles. The fourth-order valence-corrected chi connectivity index (χ4v) is 2.96. The molecule has 3 heterocycles. The Morgan fingerprint density at radius 2 is 2.23 bits per heavy atom. The van der Waals surface area contributed by atoms with Crippen molar-refractivity contribution in [3.05, 3.63) is 41.9 Å². The van der Waals surface area contributed by atoms with Gasteiger partial charge in [0.2, 0.25) is 5.91 Å². The zero-order chi connectivity index (χ0) is 15.4. The Bertz CT molecular complexity index is 764. The predicted octanol–water partition coefficient (Wildman–Crippen LogP) is 3.00. The van der Waals surface area contributed by atoms with E-state index >= 15 is 0 Å². The first-order chi connectivity index (χ1) is 10.8. The topological polar surface area (TPSA) is 58.4 Å². The summed E-state index contributed by atoms with van der Waals surface area (Å²) in [6, 6.07) is 9.91. The molecule has 0 saturated carbocycles. The van der Waals surface area contributed by atoms with Gasteiger partial charge in [-0.15, -0.1) is 11.3 Å². The molecular weight excluding hydrogens is 296 g/mol. The summed E-state index contributed by atoms with van der Waals surface area (Å²) in [7, 11) is 0. The van der Waals surface area contributed by atoms with Gasteiger partial charge in [-0.05, 0) is 30.0 Å². The summed E-state index contributed by atoms with van der Waals surface area (Å²) in [5, 5.41) is 8.12. The fourth-order valence-electron chi connectivity index (χ4n) is 2.24. The maximum Gasteiger partial charge on any atom is 0.239 e. The van der Waals surface area contributed by atoms with Crippen molar-refractivity contribution >= 4 is 28.7 Å². The molecular formula is C16H18N4OS. The van der Waals surface area contributed by atoms with E-state index in [0.717, 1.165) is 28.5 Å². The van der Waals surface area contributed by atoms with Gasteiger partial charge in [0.1, 0.15) is 17.2 Å². The SMILES string of the molecule is CCCNC(=O)CNc1c(-c2cccs2)nc2ccccn12. The minimum Gasteiger partial charge on any atom is -0.360 e. The van der Waals surface area contributed by atoms with Crippen LogP contribution in [-0.4, -0.2) is 28.4 Å². The number of carbonyl (C=O) groups excluding carboxylic acids is 1. The summed E-state index contributed by atoms with van der Waals surface area (Å²) in [5.41, 5.74) is 1.74. The Morgan fingerprint density at radius 1 is 1.32 bits per heavy atom. The van der Waals surface area contributed by atoms with E-state index in [2.05, 4.69) is 15.6 Å². The van der Waals surface area contributed by atoms with Crippen molar-refractivity contribution < 1.29 is 4.79 Å². The van der Waals surface area contributed by atoms with Crippen LogP contribution in [0.25, 0.3) is 16.2 Å². The third-order valence-corrected chi connectivity index (χ3v) is 4.15. The molecule has 0 aromatic carbocycles. The summed E-state index contributed by atoms with van der Waals surface area (Å²) in [4.78, 5) is 17.6. The highest BCUT2D eigenvalue weighted by molar-refractivity contribution is 7.13. The molecule has 2 N–H and O–H groups in total. The Balaban J connectivity index is 1.89. The van der Waals surface area contributed by atoms with Crippen LogP contribution in [-0.2, 0) is 4.79 Å². The van der Waals surface area contributed by atoms with Crippen LogP contribution >= 0.6 is 11.3 Å². The van der Waals surface area contributed by atoms with Crippen molar-refractivity contribution in [1.29, 1.82) is 0 Å². The Kier molecular flexibility index (Phi) is 4.39. The number of imidazole rings is 1. The van der Waals surface area contributed by atoms with Crippen LogP contribution in [0, 0.1) is 0 Å². The average Bonchev–Trinajstić information content (AvgIpc) is 3.18. The highest BCUT2D eigenvalue weighted by Crippen LogP contribution is 2.31. The monoisotopic (exact) mass is 314 g/mol. The highest BCUT2D eigenvalue weighted by atomic mass is 32.1. The van der Waals surface area contributed by atoms with Crippen LogP contribution in [0.1, 0.15) is 13.3 Å². The van der Waals surface area contributed by atoms with E-state index in [0.29, 0.717) is 6.54 Å². The van der Waals surface area contributed by atoms with Crippen LogP contribution in [0.2, 0.25) is 0 Å². The number of carbonyl (C=O) groups is 1. The maximum atomic E-state index is 11.8. The highest BCUT2D eigenvalue weighted by Gasteiger charge is 2.15. The zero-order valence-corrected chi connectivity index (χ0v) is 13.2. The number of pyridine rings is 1. The Morgan fingerprint density at radius 3 is 3.00 bits per heavy atom. The minimum atomic E-state index is -0.00939.